The molecule has 0 aromatic heterocycles. The lowest BCUT2D eigenvalue weighted by Crippen LogP contribution is -2.43. The van der Waals surface area contributed by atoms with Crippen LogP contribution in [0.1, 0.15) is 39.5 Å². The summed E-state index contributed by atoms with van der Waals surface area (Å²) in [5.41, 5.74) is 6.70. The van der Waals surface area contributed by atoms with Crippen molar-refractivity contribution in [1.82, 2.24) is 0 Å². The molecule has 2 aliphatic rings. The molecule has 4 atom stereocenters. The van der Waals surface area contributed by atoms with Crippen molar-refractivity contribution in [3.8, 4) is 0 Å². The lowest BCUT2D eigenvalue weighted by atomic mass is 9.70. The predicted molar refractivity (Wildman–Crippen MR) is 47.2 cm³/mol. The Bertz CT molecular complexity index is 162. The van der Waals surface area contributed by atoms with E-state index in [0.717, 1.165) is 11.8 Å². The van der Waals surface area contributed by atoms with Gasteiger partial charge in [0.2, 0.25) is 0 Å². The maximum Gasteiger partial charge on any atom is 0.0124 e. The van der Waals surface area contributed by atoms with Crippen molar-refractivity contribution in [3.05, 3.63) is 0 Å². The molecule has 0 aliphatic heterocycles. The summed E-state index contributed by atoms with van der Waals surface area (Å²) in [7, 11) is 0. The Morgan fingerprint density at radius 1 is 1.45 bits per heavy atom. The van der Waals surface area contributed by atoms with Crippen molar-refractivity contribution < 1.29 is 0 Å². The summed E-state index contributed by atoms with van der Waals surface area (Å²) in [5, 5.41) is 0. The summed E-state index contributed by atoms with van der Waals surface area (Å²) in [4.78, 5) is 0. The Labute approximate surface area is 69.4 Å². The third kappa shape index (κ3) is 0.807. The first-order valence-electron chi connectivity index (χ1n) is 4.94. The quantitative estimate of drug-likeness (QED) is 0.614. The summed E-state index contributed by atoms with van der Waals surface area (Å²) in [6, 6.07) is 0.506. The van der Waals surface area contributed by atoms with Gasteiger partial charge in [0.05, 0.1) is 0 Å². The smallest absolute Gasteiger partial charge is 0.0124 e. The minimum atomic E-state index is 0.489. The fourth-order valence-corrected chi connectivity index (χ4v) is 3.28. The fraction of sp³-hybridized carbons (Fsp3) is 1.00. The van der Waals surface area contributed by atoms with Crippen LogP contribution in [-0.4, -0.2) is 6.04 Å². The summed E-state index contributed by atoms with van der Waals surface area (Å²) in [6.07, 6.45) is 5.55. The van der Waals surface area contributed by atoms with Crippen LogP contribution >= 0.6 is 0 Å². The van der Waals surface area contributed by atoms with E-state index in [2.05, 4.69) is 13.8 Å². The lowest BCUT2D eigenvalue weighted by molar-refractivity contribution is 0.149. The highest BCUT2D eigenvalue weighted by atomic mass is 14.8. The zero-order valence-corrected chi connectivity index (χ0v) is 7.64. The van der Waals surface area contributed by atoms with Crippen LogP contribution in [0.15, 0.2) is 0 Å². The Balaban J connectivity index is 2.23. The normalized spacial score (nSPS) is 55.4. The van der Waals surface area contributed by atoms with Crippen molar-refractivity contribution in [3.63, 3.8) is 0 Å². The summed E-state index contributed by atoms with van der Waals surface area (Å²) in [6.45, 7) is 4.68. The van der Waals surface area contributed by atoms with Gasteiger partial charge in [-0.05, 0) is 42.9 Å². The second-order valence-corrected chi connectivity index (χ2v) is 4.66. The zero-order chi connectivity index (χ0) is 8.06. The first kappa shape index (κ1) is 7.60. The van der Waals surface area contributed by atoms with E-state index >= 15 is 0 Å². The lowest BCUT2D eigenvalue weighted by Gasteiger charge is -2.38. The number of hydrogen-bond acceptors (Lipinski definition) is 1. The third-order valence-electron chi connectivity index (χ3n) is 4.44. The predicted octanol–water partition coefficient (Wildman–Crippen LogP) is 2.16. The second-order valence-electron chi connectivity index (χ2n) is 4.66. The Morgan fingerprint density at radius 2 is 2.18 bits per heavy atom. The average molecular weight is 153 g/mol. The number of hydrogen-bond donors (Lipinski definition) is 1. The molecule has 2 rings (SSSR count). The maximum absolute atomic E-state index is 6.21. The second kappa shape index (κ2) is 2.22. The van der Waals surface area contributed by atoms with Gasteiger partial charge in [-0.15, -0.1) is 0 Å². The highest BCUT2D eigenvalue weighted by Gasteiger charge is 2.52. The van der Waals surface area contributed by atoms with Gasteiger partial charge in [-0.3, -0.25) is 0 Å². The van der Waals surface area contributed by atoms with Crippen LogP contribution in [0.3, 0.4) is 0 Å². The van der Waals surface area contributed by atoms with Crippen molar-refractivity contribution in [2.45, 2.75) is 45.6 Å². The van der Waals surface area contributed by atoms with Gasteiger partial charge in [0.1, 0.15) is 0 Å². The van der Waals surface area contributed by atoms with E-state index in [1.807, 2.05) is 0 Å². The SMILES string of the molecule is CC[C@@]1(C)[C@H]2CCC(C2)[C@H]1N. The Morgan fingerprint density at radius 3 is 2.55 bits per heavy atom. The number of rotatable bonds is 1. The van der Waals surface area contributed by atoms with E-state index in [4.69, 9.17) is 5.73 Å². The van der Waals surface area contributed by atoms with Gasteiger partial charge in [0.25, 0.3) is 0 Å². The van der Waals surface area contributed by atoms with Crippen LogP contribution in [0.4, 0.5) is 0 Å². The molecule has 2 fully saturated rings. The van der Waals surface area contributed by atoms with Gasteiger partial charge in [-0.25, -0.2) is 0 Å². The van der Waals surface area contributed by atoms with Crippen LogP contribution in [0.5, 0.6) is 0 Å². The van der Waals surface area contributed by atoms with Crippen molar-refractivity contribution in [1.29, 1.82) is 0 Å². The van der Waals surface area contributed by atoms with Crippen molar-refractivity contribution >= 4 is 0 Å². The maximum atomic E-state index is 6.21. The van der Waals surface area contributed by atoms with Crippen LogP contribution < -0.4 is 5.73 Å². The average Bonchev–Trinajstić information content (AvgIpc) is 2.56. The van der Waals surface area contributed by atoms with Crippen LogP contribution in [0.25, 0.3) is 0 Å². The molecule has 0 amide bonds. The molecule has 1 unspecified atom stereocenters. The highest BCUT2D eigenvalue weighted by Crippen LogP contribution is 2.56. The standard InChI is InChI=1S/C10H19N/c1-3-10(2)8-5-4-7(6-8)9(10)11/h7-9H,3-6,11H2,1-2H3/t7?,8-,9+,10-/m0/s1. The fourth-order valence-electron chi connectivity index (χ4n) is 3.28. The Kier molecular flexibility index (Phi) is 1.54. The number of fused-ring (bicyclic) bond motifs is 2. The van der Waals surface area contributed by atoms with E-state index in [0.29, 0.717) is 11.5 Å². The molecule has 0 spiro atoms. The molecule has 0 saturated heterocycles. The molecule has 1 heteroatoms. The van der Waals surface area contributed by atoms with Crippen molar-refractivity contribution in [2.75, 3.05) is 0 Å². The van der Waals surface area contributed by atoms with Gasteiger partial charge in [-0.2, -0.15) is 0 Å². The molecule has 2 saturated carbocycles. The van der Waals surface area contributed by atoms with E-state index in [1.165, 1.54) is 25.7 Å². The van der Waals surface area contributed by atoms with E-state index in [9.17, 15) is 0 Å². The summed E-state index contributed by atoms with van der Waals surface area (Å²) < 4.78 is 0. The highest BCUT2D eigenvalue weighted by molar-refractivity contribution is 5.05. The van der Waals surface area contributed by atoms with Crippen molar-refractivity contribution in [2.24, 2.45) is 23.0 Å². The molecule has 11 heavy (non-hydrogen) atoms. The van der Waals surface area contributed by atoms with E-state index in [1.54, 1.807) is 0 Å². The third-order valence-corrected chi connectivity index (χ3v) is 4.44. The molecule has 2 bridgehead atoms. The monoisotopic (exact) mass is 153 g/mol. The molecule has 2 aliphatic carbocycles. The molecule has 0 aromatic carbocycles. The van der Waals surface area contributed by atoms with Gasteiger partial charge < -0.3 is 5.73 Å². The summed E-state index contributed by atoms with van der Waals surface area (Å²) in [5.74, 6) is 1.82. The van der Waals surface area contributed by atoms with Crippen LogP contribution in [0, 0.1) is 17.3 Å². The topological polar surface area (TPSA) is 26.0 Å². The van der Waals surface area contributed by atoms with Gasteiger partial charge in [-0.1, -0.05) is 13.8 Å². The molecule has 0 aromatic rings. The molecule has 0 radical (unpaired) electrons. The van der Waals surface area contributed by atoms with E-state index in [-0.39, 0.29) is 0 Å². The minimum Gasteiger partial charge on any atom is -0.327 e. The van der Waals surface area contributed by atoms with Gasteiger partial charge >= 0.3 is 0 Å². The van der Waals surface area contributed by atoms with E-state index < -0.39 is 0 Å². The molecule has 0 heterocycles. The molecular formula is C10H19N. The summed E-state index contributed by atoms with van der Waals surface area (Å²) >= 11 is 0. The minimum absolute atomic E-state index is 0.489. The Hall–Kier alpha value is -0.0400. The molecule has 2 N–H and O–H groups in total. The first-order valence-corrected chi connectivity index (χ1v) is 4.94. The molecule has 64 valence electrons. The molecular weight excluding hydrogens is 134 g/mol. The van der Waals surface area contributed by atoms with Crippen LogP contribution in [0.2, 0.25) is 0 Å². The van der Waals surface area contributed by atoms with Gasteiger partial charge in [0.15, 0.2) is 0 Å². The zero-order valence-electron chi connectivity index (χ0n) is 7.64. The van der Waals surface area contributed by atoms with Gasteiger partial charge in [0, 0.05) is 6.04 Å². The largest absolute Gasteiger partial charge is 0.327 e. The van der Waals surface area contributed by atoms with Crippen LogP contribution in [-0.2, 0) is 0 Å². The number of nitrogens with two attached hydrogens (primary N) is 1. The molecule has 1 nitrogen and oxygen atoms in total. The first-order chi connectivity index (χ1) is 5.18.